The number of amidine groups is 1. The summed E-state index contributed by atoms with van der Waals surface area (Å²) in [7, 11) is 0. The van der Waals surface area contributed by atoms with E-state index in [1.54, 1.807) is 6.33 Å². The van der Waals surface area contributed by atoms with Gasteiger partial charge in [-0.3, -0.25) is 5.41 Å². The lowest BCUT2D eigenvalue weighted by Crippen LogP contribution is -2.17. The van der Waals surface area contributed by atoms with Crippen molar-refractivity contribution in [3.05, 3.63) is 29.6 Å². The van der Waals surface area contributed by atoms with Crippen molar-refractivity contribution in [3.63, 3.8) is 0 Å². The lowest BCUT2D eigenvalue weighted by atomic mass is 10.1. The van der Waals surface area contributed by atoms with Crippen LogP contribution in [0.2, 0.25) is 0 Å². The van der Waals surface area contributed by atoms with E-state index in [9.17, 15) is 0 Å². The number of nitrogens with zero attached hydrogens (tertiary/aromatic N) is 2. The molecule has 0 amide bonds. The fourth-order valence-corrected chi connectivity index (χ4v) is 1.62. The molecule has 0 spiro atoms. The zero-order valence-electron chi connectivity index (χ0n) is 8.91. The van der Waals surface area contributed by atoms with E-state index < -0.39 is 0 Å². The summed E-state index contributed by atoms with van der Waals surface area (Å²) in [6.07, 6.45) is 1.73. The van der Waals surface area contributed by atoms with Crippen LogP contribution in [0.15, 0.2) is 18.5 Å². The second-order valence-electron chi connectivity index (χ2n) is 3.82. The predicted molar refractivity (Wildman–Crippen MR) is 61.1 cm³/mol. The summed E-state index contributed by atoms with van der Waals surface area (Å²) in [6.45, 7) is 4.54. The zero-order valence-corrected chi connectivity index (χ0v) is 8.91. The number of rotatable bonds is 2. The molecule has 0 saturated carbocycles. The van der Waals surface area contributed by atoms with Gasteiger partial charge < -0.3 is 10.3 Å². The van der Waals surface area contributed by atoms with E-state index >= 15 is 0 Å². The van der Waals surface area contributed by atoms with Crippen LogP contribution in [0, 0.1) is 19.3 Å². The van der Waals surface area contributed by atoms with Crippen LogP contribution >= 0.6 is 0 Å². The van der Waals surface area contributed by atoms with E-state index in [0.29, 0.717) is 6.54 Å². The van der Waals surface area contributed by atoms with Crippen LogP contribution in [0.1, 0.15) is 11.1 Å². The summed E-state index contributed by atoms with van der Waals surface area (Å²) < 4.78 is 1.89. The second kappa shape index (κ2) is 3.38. The lowest BCUT2D eigenvalue weighted by Gasteiger charge is -2.04. The SMILES string of the molecule is Cc1cc2ncn(CC(=N)N)c2cc1C. The van der Waals surface area contributed by atoms with Crippen molar-refractivity contribution in [3.8, 4) is 0 Å². The number of fused-ring (bicyclic) bond motifs is 1. The van der Waals surface area contributed by atoms with E-state index in [1.807, 2.05) is 4.57 Å². The average Bonchev–Trinajstić information content (AvgIpc) is 2.49. The van der Waals surface area contributed by atoms with E-state index in [4.69, 9.17) is 11.1 Å². The summed E-state index contributed by atoms with van der Waals surface area (Å²) in [5.41, 5.74) is 9.83. The van der Waals surface area contributed by atoms with Gasteiger partial charge in [0.2, 0.25) is 0 Å². The van der Waals surface area contributed by atoms with Crippen molar-refractivity contribution in [2.45, 2.75) is 20.4 Å². The van der Waals surface area contributed by atoms with Gasteiger partial charge in [0.05, 0.1) is 23.9 Å². The molecule has 0 fully saturated rings. The van der Waals surface area contributed by atoms with Gasteiger partial charge in [-0.05, 0) is 37.1 Å². The maximum atomic E-state index is 7.27. The van der Waals surface area contributed by atoms with E-state index in [-0.39, 0.29) is 5.84 Å². The molecule has 0 radical (unpaired) electrons. The Balaban J connectivity index is 2.59. The van der Waals surface area contributed by atoms with Crippen LogP contribution in [0.4, 0.5) is 0 Å². The van der Waals surface area contributed by atoms with Crippen molar-refractivity contribution in [1.82, 2.24) is 9.55 Å². The third kappa shape index (κ3) is 1.70. The topological polar surface area (TPSA) is 67.7 Å². The molecule has 15 heavy (non-hydrogen) atoms. The molecular weight excluding hydrogens is 188 g/mol. The fraction of sp³-hybridized carbons (Fsp3) is 0.273. The van der Waals surface area contributed by atoms with E-state index in [0.717, 1.165) is 11.0 Å². The Morgan fingerprint density at radius 3 is 2.73 bits per heavy atom. The van der Waals surface area contributed by atoms with E-state index in [2.05, 4.69) is 31.0 Å². The summed E-state index contributed by atoms with van der Waals surface area (Å²) in [6, 6.07) is 4.14. The molecule has 1 heterocycles. The lowest BCUT2D eigenvalue weighted by molar-refractivity contribution is 0.868. The summed E-state index contributed by atoms with van der Waals surface area (Å²) >= 11 is 0. The number of hydrogen-bond donors (Lipinski definition) is 2. The molecule has 0 bridgehead atoms. The molecule has 4 heteroatoms. The van der Waals surface area contributed by atoms with Gasteiger partial charge in [0, 0.05) is 0 Å². The first kappa shape index (κ1) is 9.71. The zero-order chi connectivity index (χ0) is 11.0. The van der Waals surface area contributed by atoms with Gasteiger partial charge >= 0.3 is 0 Å². The number of nitrogens with two attached hydrogens (primary N) is 1. The molecule has 1 aromatic carbocycles. The summed E-state index contributed by atoms with van der Waals surface area (Å²) in [4.78, 5) is 4.28. The largest absolute Gasteiger partial charge is 0.386 e. The molecular formula is C11H14N4. The summed E-state index contributed by atoms with van der Waals surface area (Å²) in [5.74, 6) is 0.146. The van der Waals surface area contributed by atoms with Crippen LogP contribution in [0.25, 0.3) is 11.0 Å². The molecule has 0 unspecified atom stereocenters. The molecule has 2 rings (SSSR count). The van der Waals surface area contributed by atoms with Gasteiger partial charge in [0.25, 0.3) is 0 Å². The van der Waals surface area contributed by atoms with Gasteiger partial charge in [-0.1, -0.05) is 0 Å². The minimum absolute atomic E-state index is 0.146. The molecule has 0 atom stereocenters. The molecule has 0 aliphatic carbocycles. The normalized spacial score (nSPS) is 10.8. The molecule has 1 aromatic heterocycles. The molecule has 0 saturated heterocycles. The highest BCUT2D eigenvalue weighted by Crippen LogP contribution is 2.17. The van der Waals surface area contributed by atoms with Crippen LogP contribution in [0.3, 0.4) is 0 Å². The highest BCUT2D eigenvalue weighted by Gasteiger charge is 2.05. The molecule has 0 aliphatic heterocycles. The molecule has 3 N–H and O–H groups in total. The smallest absolute Gasteiger partial charge is 0.111 e. The standard InChI is InChI=1S/C11H14N4/c1-7-3-9-10(4-8(7)2)15(6-14-9)5-11(12)13/h3-4,6H,5H2,1-2H3,(H3,12,13). The highest BCUT2D eigenvalue weighted by atomic mass is 15.1. The first-order valence-corrected chi connectivity index (χ1v) is 4.83. The third-order valence-electron chi connectivity index (χ3n) is 2.58. The Kier molecular flexibility index (Phi) is 2.19. The number of hydrogen-bond acceptors (Lipinski definition) is 2. The Hall–Kier alpha value is -1.84. The number of benzene rings is 1. The van der Waals surface area contributed by atoms with Gasteiger partial charge in [0.15, 0.2) is 0 Å². The molecule has 0 aliphatic rings. The van der Waals surface area contributed by atoms with Crippen LogP contribution in [0.5, 0.6) is 0 Å². The Labute approximate surface area is 88.2 Å². The van der Waals surface area contributed by atoms with Crippen molar-refractivity contribution in [2.24, 2.45) is 5.73 Å². The number of aromatic nitrogens is 2. The van der Waals surface area contributed by atoms with Gasteiger partial charge in [0.1, 0.15) is 5.84 Å². The maximum absolute atomic E-state index is 7.27. The maximum Gasteiger partial charge on any atom is 0.111 e. The first-order chi connectivity index (χ1) is 7.08. The Bertz CT molecular complexity index is 525. The third-order valence-corrected chi connectivity index (χ3v) is 2.58. The van der Waals surface area contributed by atoms with Gasteiger partial charge in [-0.25, -0.2) is 4.98 Å². The molecule has 2 aromatic rings. The molecule has 78 valence electrons. The van der Waals surface area contributed by atoms with Crippen molar-refractivity contribution in [2.75, 3.05) is 0 Å². The minimum Gasteiger partial charge on any atom is -0.386 e. The Morgan fingerprint density at radius 2 is 2.07 bits per heavy atom. The first-order valence-electron chi connectivity index (χ1n) is 4.83. The monoisotopic (exact) mass is 202 g/mol. The van der Waals surface area contributed by atoms with Crippen molar-refractivity contribution in [1.29, 1.82) is 5.41 Å². The van der Waals surface area contributed by atoms with Crippen LogP contribution in [-0.4, -0.2) is 15.4 Å². The fourth-order valence-electron chi connectivity index (χ4n) is 1.62. The van der Waals surface area contributed by atoms with Crippen LogP contribution in [-0.2, 0) is 6.54 Å². The van der Waals surface area contributed by atoms with Gasteiger partial charge in [-0.15, -0.1) is 0 Å². The van der Waals surface area contributed by atoms with Crippen molar-refractivity contribution < 1.29 is 0 Å². The van der Waals surface area contributed by atoms with Crippen LogP contribution < -0.4 is 5.73 Å². The number of nitrogens with one attached hydrogen (secondary N) is 1. The number of imidazole rings is 1. The predicted octanol–water partition coefficient (Wildman–Crippen LogP) is 1.59. The quantitative estimate of drug-likeness (QED) is 0.573. The number of aryl methyl sites for hydroxylation is 2. The average molecular weight is 202 g/mol. The highest BCUT2D eigenvalue weighted by molar-refractivity contribution is 5.81. The second-order valence-corrected chi connectivity index (χ2v) is 3.82. The van der Waals surface area contributed by atoms with Crippen molar-refractivity contribution >= 4 is 16.9 Å². The Morgan fingerprint density at radius 1 is 1.40 bits per heavy atom. The van der Waals surface area contributed by atoms with Gasteiger partial charge in [-0.2, -0.15) is 0 Å². The van der Waals surface area contributed by atoms with E-state index in [1.165, 1.54) is 11.1 Å². The summed E-state index contributed by atoms with van der Waals surface area (Å²) in [5, 5.41) is 7.27. The minimum atomic E-state index is 0.146. The molecule has 4 nitrogen and oxygen atoms in total.